The topological polar surface area (TPSA) is 74.3 Å². The first-order valence-corrected chi connectivity index (χ1v) is 9.88. The third kappa shape index (κ3) is 3.56. The molecule has 28 heavy (non-hydrogen) atoms. The Balaban J connectivity index is 1.38. The molecule has 1 saturated heterocycles. The van der Waals surface area contributed by atoms with E-state index in [2.05, 4.69) is 21.7 Å². The largest absolute Gasteiger partial charge is 0.355 e. The molecular weight excluding hydrogens is 376 g/mol. The number of anilines is 1. The van der Waals surface area contributed by atoms with E-state index in [-0.39, 0.29) is 17.4 Å². The number of likely N-dealkylation sites (tertiary alicyclic amines) is 1. The molecule has 0 saturated carbocycles. The minimum absolute atomic E-state index is 0.176. The zero-order valence-electron chi connectivity index (χ0n) is 15.8. The van der Waals surface area contributed by atoms with E-state index in [1.807, 2.05) is 17.0 Å². The minimum Gasteiger partial charge on any atom is -0.355 e. The molecule has 7 heteroatoms. The van der Waals surface area contributed by atoms with Gasteiger partial charge in [0.25, 0.3) is 5.91 Å². The van der Waals surface area contributed by atoms with Gasteiger partial charge in [-0.2, -0.15) is 0 Å². The highest BCUT2D eigenvalue weighted by Crippen LogP contribution is 2.46. The van der Waals surface area contributed by atoms with E-state index in [1.54, 1.807) is 19.2 Å². The second-order valence-corrected chi connectivity index (χ2v) is 8.06. The van der Waals surface area contributed by atoms with E-state index in [0.29, 0.717) is 24.5 Å². The number of urea groups is 1. The van der Waals surface area contributed by atoms with Crippen molar-refractivity contribution in [1.82, 2.24) is 15.2 Å². The molecule has 2 aromatic rings. The zero-order valence-corrected chi connectivity index (χ0v) is 16.6. The van der Waals surface area contributed by atoms with Gasteiger partial charge >= 0.3 is 6.03 Å². The van der Waals surface area contributed by atoms with Gasteiger partial charge in [-0.1, -0.05) is 23.7 Å². The number of piperidine rings is 1. The first-order valence-electron chi connectivity index (χ1n) is 9.50. The van der Waals surface area contributed by atoms with Gasteiger partial charge in [-0.25, -0.2) is 9.78 Å². The summed E-state index contributed by atoms with van der Waals surface area (Å²) in [4.78, 5) is 30.4. The van der Waals surface area contributed by atoms with Crippen molar-refractivity contribution < 1.29 is 9.59 Å². The lowest BCUT2D eigenvalue weighted by atomic mass is 9.76. The van der Waals surface area contributed by atoms with Crippen LogP contribution in [0.25, 0.3) is 0 Å². The van der Waals surface area contributed by atoms with Crippen molar-refractivity contribution >= 4 is 29.4 Å². The fourth-order valence-corrected chi connectivity index (χ4v) is 4.58. The Kier molecular flexibility index (Phi) is 4.98. The van der Waals surface area contributed by atoms with Gasteiger partial charge in [-0.3, -0.25) is 10.1 Å². The standard InChI is InChI=1S/C21H23ClN4O2/c1-23-19(27)14-5-8-24-18(11-14)25-20(28)26-9-6-21(7-10-26)12-15-3-2-4-17(22)16(15)13-21/h2-5,8,11H,6-7,9-10,12-13H2,1H3,(H,23,27)(H,24,25,28). The number of aromatic nitrogens is 1. The van der Waals surface area contributed by atoms with Crippen LogP contribution in [0, 0.1) is 5.41 Å². The van der Waals surface area contributed by atoms with Gasteiger partial charge in [0.1, 0.15) is 5.82 Å². The van der Waals surface area contributed by atoms with E-state index in [0.717, 1.165) is 30.7 Å². The molecule has 0 atom stereocenters. The zero-order chi connectivity index (χ0) is 19.7. The number of halogens is 1. The molecule has 2 aliphatic rings. The van der Waals surface area contributed by atoms with E-state index in [9.17, 15) is 9.59 Å². The predicted octanol–water partition coefficient (Wildman–Crippen LogP) is 3.51. The summed E-state index contributed by atoms with van der Waals surface area (Å²) in [6, 6.07) is 9.16. The average molecular weight is 399 g/mol. The van der Waals surface area contributed by atoms with Crippen LogP contribution in [0.1, 0.15) is 34.3 Å². The second kappa shape index (κ2) is 7.43. The number of rotatable bonds is 2. The molecule has 1 aromatic carbocycles. The molecule has 0 bridgehead atoms. The Hall–Kier alpha value is -2.60. The van der Waals surface area contributed by atoms with E-state index < -0.39 is 0 Å². The number of pyridine rings is 1. The maximum Gasteiger partial charge on any atom is 0.323 e. The van der Waals surface area contributed by atoms with Crippen LogP contribution >= 0.6 is 11.6 Å². The Labute approximate surface area is 169 Å². The van der Waals surface area contributed by atoms with Gasteiger partial charge in [-0.15, -0.1) is 0 Å². The maximum absolute atomic E-state index is 12.6. The predicted molar refractivity (Wildman–Crippen MR) is 109 cm³/mol. The number of nitrogens with one attached hydrogen (secondary N) is 2. The van der Waals surface area contributed by atoms with Crippen LogP contribution < -0.4 is 10.6 Å². The molecule has 1 spiro atoms. The molecule has 2 N–H and O–H groups in total. The molecular formula is C21H23ClN4O2. The summed E-state index contributed by atoms with van der Waals surface area (Å²) in [5.74, 6) is 0.170. The quantitative estimate of drug-likeness (QED) is 0.812. The number of fused-ring (bicyclic) bond motifs is 1. The summed E-state index contributed by atoms with van der Waals surface area (Å²) in [5, 5.41) is 6.23. The first-order chi connectivity index (χ1) is 13.5. The lowest BCUT2D eigenvalue weighted by Gasteiger charge is -2.39. The van der Waals surface area contributed by atoms with Gasteiger partial charge in [0, 0.05) is 36.9 Å². The highest BCUT2D eigenvalue weighted by molar-refractivity contribution is 6.31. The van der Waals surface area contributed by atoms with Crippen molar-refractivity contribution in [2.24, 2.45) is 5.41 Å². The van der Waals surface area contributed by atoms with Gasteiger partial charge in [-0.05, 0) is 60.4 Å². The number of carbonyl (C=O) groups is 2. The molecule has 1 aromatic heterocycles. The highest BCUT2D eigenvalue weighted by Gasteiger charge is 2.41. The fourth-order valence-electron chi connectivity index (χ4n) is 4.32. The number of hydrogen-bond donors (Lipinski definition) is 2. The Morgan fingerprint density at radius 1 is 1.18 bits per heavy atom. The smallest absolute Gasteiger partial charge is 0.323 e. The summed E-state index contributed by atoms with van der Waals surface area (Å²) in [6.45, 7) is 1.40. The molecule has 146 valence electrons. The lowest BCUT2D eigenvalue weighted by Crippen LogP contribution is -2.45. The lowest BCUT2D eigenvalue weighted by molar-refractivity contribution is 0.0963. The molecule has 0 radical (unpaired) electrons. The van der Waals surface area contributed by atoms with Crippen molar-refractivity contribution in [2.45, 2.75) is 25.7 Å². The van der Waals surface area contributed by atoms with Crippen LogP contribution in [0.5, 0.6) is 0 Å². The molecule has 1 fully saturated rings. The Bertz CT molecular complexity index is 922. The van der Waals surface area contributed by atoms with Gasteiger partial charge in [0.2, 0.25) is 0 Å². The molecule has 1 aliphatic carbocycles. The van der Waals surface area contributed by atoms with E-state index in [1.165, 1.54) is 17.3 Å². The number of amides is 3. The van der Waals surface area contributed by atoms with Crippen molar-refractivity contribution in [3.05, 3.63) is 58.2 Å². The van der Waals surface area contributed by atoms with Crippen molar-refractivity contribution in [3.8, 4) is 0 Å². The summed E-state index contributed by atoms with van der Waals surface area (Å²) < 4.78 is 0. The highest BCUT2D eigenvalue weighted by atomic mass is 35.5. The third-order valence-electron chi connectivity index (χ3n) is 5.93. The van der Waals surface area contributed by atoms with Crippen LogP contribution in [0.2, 0.25) is 5.02 Å². The summed E-state index contributed by atoms with van der Waals surface area (Å²) >= 11 is 6.38. The molecule has 2 heterocycles. The van der Waals surface area contributed by atoms with Crippen molar-refractivity contribution in [2.75, 3.05) is 25.5 Å². The molecule has 4 rings (SSSR count). The summed E-state index contributed by atoms with van der Waals surface area (Å²) in [7, 11) is 1.57. The monoisotopic (exact) mass is 398 g/mol. The third-order valence-corrected chi connectivity index (χ3v) is 6.28. The van der Waals surface area contributed by atoms with Crippen LogP contribution in [0.15, 0.2) is 36.5 Å². The van der Waals surface area contributed by atoms with Crippen LogP contribution in [0.3, 0.4) is 0 Å². The molecule has 1 aliphatic heterocycles. The molecule has 0 unspecified atom stereocenters. The maximum atomic E-state index is 12.6. The van der Waals surface area contributed by atoms with Gasteiger partial charge in [0.15, 0.2) is 0 Å². The van der Waals surface area contributed by atoms with Gasteiger partial charge < -0.3 is 10.2 Å². The first kappa shape index (κ1) is 18.7. The van der Waals surface area contributed by atoms with E-state index in [4.69, 9.17) is 11.6 Å². The molecule has 3 amide bonds. The normalized spacial score (nSPS) is 17.3. The number of benzene rings is 1. The van der Waals surface area contributed by atoms with Crippen LogP contribution in [0.4, 0.5) is 10.6 Å². The number of carbonyl (C=O) groups excluding carboxylic acids is 2. The average Bonchev–Trinajstić information content (AvgIpc) is 3.07. The van der Waals surface area contributed by atoms with Crippen molar-refractivity contribution in [3.63, 3.8) is 0 Å². The number of nitrogens with zero attached hydrogens (tertiary/aromatic N) is 2. The minimum atomic E-state index is -0.211. The number of hydrogen-bond acceptors (Lipinski definition) is 3. The van der Waals surface area contributed by atoms with Crippen molar-refractivity contribution in [1.29, 1.82) is 0 Å². The molecule has 6 nitrogen and oxygen atoms in total. The van der Waals surface area contributed by atoms with E-state index >= 15 is 0 Å². The Morgan fingerprint density at radius 2 is 1.96 bits per heavy atom. The van der Waals surface area contributed by atoms with Crippen LogP contribution in [-0.2, 0) is 12.8 Å². The Morgan fingerprint density at radius 3 is 2.68 bits per heavy atom. The van der Waals surface area contributed by atoms with Gasteiger partial charge in [0.05, 0.1) is 0 Å². The van der Waals surface area contributed by atoms with Crippen LogP contribution in [-0.4, -0.2) is 42.0 Å². The second-order valence-electron chi connectivity index (χ2n) is 7.66. The summed E-state index contributed by atoms with van der Waals surface area (Å²) in [5.41, 5.74) is 3.30. The SMILES string of the molecule is CNC(=O)c1ccnc(NC(=O)N2CCC3(CC2)Cc2cccc(Cl)c2C3)c1. The fraction of sp³-hybridized carbons (Fsp3) is 0.381. The summed E-state index contributed by atoms with van der Waals surface area (Å²) in [6.07, 6.45) is 5.46.